The Morgan fingerprint density at radius 2 is 1.56 bits per heavy atom. The van der Waals surface area contributed by atoms with Crippen molar-refractivity contribution in [2.24, 2.45) is 5.11 Å². The Morgan fingerprint density at radius 3 is 2.06 bits per heavy atom. The van der Waals surface area contributed by atoms with E-state index in [4.69, 9.17) is 29.3 Å². The first-order valence-corrected chi connectivity index (χ1v) is 9.96. The number of carbonyl (C=O) groups is 5. The van der Waals surface area contributed by atoms with Gasteiger partial charge in [-0.2, -0.15) is 0 Å². The number of hydrogen-bond donors (Lipinski definition) is 0. The van der Waals surface area contributed by atoms with Crippen LogP contribution in [0.3, 0.4) is 0 Å². The van der Waals surface area contributed by atoms with Crippen LogP contribution < -0.4 is 0 Å². The molecule has 1 saturated heterocycles. The van der Waals surface area contributed by atoms with Gasteiger partial charge in [-0.3, -0.25) is 24.0 Å². The van der Waals surface area contributed by atoms with Gasteiger partial charge >= 0.3 is 17.9 Å². The van der Waals surface area contributed by atoms with Crippen molar-refractivity contribution in [2.45, 2.75) is 51.4 Å². The SMILES string of the molecule is CC(=O)OC[C@H]1O[C@@H](ON2C(=O)c3ccccc3C2=O)[C@H](OC(C)=O)[C@@H](N=[N+]=[N-])[C@H]1OC(C)=O. The molecule has 0 unspecified atom stereocenters. The van der Waals surface area contributed by atoms with E-state index in [0.29, 0.717) is 5.06 Å². The normalized spacial score (nSPS) is 25.7. The quantitative estimate of drug-likeness (QED) is 0.138. The number of azide groups is 1. The van der Waals surface area contributed by atoms with Crippen molar-refractivity contribution in [3.05, 3.63) is 45.8 Å². The maximum atomic E-state index is 12.7. The third-order valence-corrected chi connectivity index (χ3v) is 4.82. The van der Waals surface area contributed by atoms with Crippen LogP contribution in [0.2, 0.25) is 0 Å². The Morgan fingerprint density at radius 1 is 1.00 bits per heavy atom. The van der Waals surface area contributed by atoms with Crippen LogP contribution >= 0.6 is 0 Å². The largest absolute Gasteiger partial charge is 0.463 e. The molecule has 1 fully saturated rings. The number of nitrogens with zero attached hydrogens (tertiary/aromatic N) is 4. The first kappa shape index (κ1) is 24.6. The predicted octanol–water partition coefficient (Wildman–Crippen LogP) is 1.04. The average Bonchev–Trinajstić information content (AvgIpc) is 3.01. The Labute approximate surface area is 192 Å². The summed E-state index contributed by atoms with van der Waals surface area (Å²) in [6, 6.07) is 4.54. The number of imide groups is 1. The fourth-order valence-corrected chi connectivity index (χ4v) is 3.53. The molecular formula is C20H20N4O10. The summed E-state index contributed by atoms with van der Waals surface area (Å²) in [7, 11) is 0. The Hall–Kier alpha value is -4.00. The van der Waals surface area contributed by atoms with Crippen LogP contribution in [0.1, 0.15) is 41.5 Å². The molecule has 1 aromatic rings. The molecule has 2 amide bonds. The summed E-state index contributed by atoms with van der Waals surface area (Å²) in [5.41, 5.74) is 9.25. The lowest BCUT2D eigenvalue weighted by molar-refractivity contribution is -0.323. The van der Waals surface area contributed by atoms with Gasteiger partial charge in [-0.15, -0.1) is 5.06 Å². The predicted molar refractivity (Wildman–Crippen MR) is 107 cm³/mol. The van der Waals surface area contributed by atoms with Crippen molar-refractivity contribution < 1.29 is 47.8 Å². The van der Waals surface area contributed by atoms with Crippen LogP contribution in [0, 0.1) is 0 Å². The van der Waals surface area contributed by atoms with Crippen molar-refractivity contribution in [3.8, 4) is 0 Å². The average molecular weight is 476 g/mol. The van der Waals surface area contributed by atoms with Gasteiger partial charge in [-0.25, -0.2) is 4.84 Å². The van der Waals surface area contributed by atoms with Crippen molar-refractivity contribution >= 4 is 29.7 Å². The molecule has 0 aromatic heterocycles. The van der Waals surface area contributed by atoms with Crippen LogP contribution in [-0.4, -0.2) is 72.0 Å². The summed E-state index contributed by atoms with van der Waals surface area (Å²) in [6.45, 7) is 2.79. The highest BCUT2D eigenvalue weighted by atomic mass is 16.8. The molecule has 0 bridgehead atoms. The molecule has 14 nitrogen and oxygen atoms in total. The lowest BCUT2D eigenvalue weighted by atomic mass is 9.96. The molecule has 5 atom stereocenters. The van der Waals surface area contributed by atoms with E-state index in [1.54, 1.807) is 12.1 Å². The fraction of sp³-hybridized carbons (Fsp3) is 0.450. The summed E-state index contributed by atoms with van der Waals surface area (Å²) >= 11 is 0. The van der Waals surface area contributed by atoms with Crippen LogP contribution in [0.5, 0.6) is 0 Å². The number of amides is 2. The second-order valence-electron chi connectivity index (χ2n) is 7.24. The van der Waals surface area contributed by atoms with Gasteiger partial charge in [0.1, 0.15) is 24.9 Å². The number of rotatable bonds is 7. The minimum atomic E-state index is -1.69. The lowest BCUT2D eigenvalue weighted by Gasteiger charge is -2.43. The van der Waals surface area contributed by atoms with Crippen LogP contribution in [-0.2, 0) is 38.2 Å². The minimum absolute atomic E-state index is 0.0770. The van der Waals surface area contributed by atoms with Crippen molar-refractivity contribution in [1.82, 2.24) is 5.06 Å². The maximum Gasteiger partial charge on any atom is 0.303 e. The van der Waals surface area contributed by atoms with Crippen LogP contribution in [0.4, 0.5) is 0 Å². The zero-order valence-electron chi connectivity index (χ0n) is 18.3. The molecule has 0 radical (unpaired) electrons. The number of benzene rings is 1. The first-order chi connectivity index (χ1) is 16.1. The van der Waals surface area contributed by atoms with E-state index in [-0.39, 0.29) is 11.1 Å². The van der Waals surface area contributed by atoms with Gasteiger partial charge in [0.05, 0.1) is 11.1 Å². The molecule has 1 aromatic carbocycles. The number of hydroxylamine groups is 2. The summed E-state index contributed by atoms with van der Waals surface area (Å²) < 4.78 is 21.1. The highest BCUT2D eigenvalue weighted by molar-refractivity contribution is 6.20. The molecule has 0 saturated carbocycles. The van der Waals surface area contributed by atoms with E-state index in [2.05, 4.69) is 10.0 Å². The molecule has 34 heavy (non-hydrogen) atoms. The smallest absolute Gasteiger partial charge is 0.303 e. The molecule has 2 aliphatic heterocycles. The van der Waals surface area contributed by atoms with Crippen molar-refractivity contribution in [1.29, 1.82) is 0 Å². The Bertz CT molecular complexity index is 1030. The molecule has 14 heteroatoms. The first-order valence-electron chi connectivity index (χ1n) is 9.96. The second kappa shape index (κ2) is 10.3. The van der Waals surface area contributed by atoms with Crippen molar-refractivity contribution in [3.63, 3.8) is 0 Å². The second-order valence-corrected chi connectivity index (χ2v) is 7.24. The molecule has 3 rings (SSSR count). The van der Waals surface area contributed by atoms with Crippen LogP contribution in [0.25, 0.3) is 10.4 Å². The van der Waals surface area contributed by atoms with Gasteiger partial charge in [0.25, 0.3) is 11.8 Å². The Kier molecular flexibility index (Phi) is 7.46. The summed E-state index contributed by atoms with van der Waals surface area (Å²) in [4.78, 5) is 68.5. The summed E-state index contributed by atoms with van der Waals surface area (Å²) in [6.07, 6.45) is -5.86. The van der Waals surface area contributed by atoms with Gasteiger partial charge in [-0.05, 0) is 17.7 Å². The number of carbonyl (C=O) groups excluding carboxylic acids is 5. The van der Waals surface area contributed by atoms with Gasteiger partial charge in [0.15, 0.2) is 6.10 Å². The van der Waals surface area contributed by atoms with Gasteiger partial charge in [0, 0.05) is 25.7 Å². The standard InChI is InChI=1S/C20H20N4O10/c1-9(25)30-8-14-16(31-10(2)26)15(22-23-21)17(32-11(3)27)20(33-14)34-24-18(28)12-6-4-5-7-13(12)19(24)29/h4-7,14-17,20H,8H2,1-3H3/t14-,15+,16+,17-,20+/m1/s1. The van der Waals surface area contributed by atoms with E-state index < -0.39 is 67.0 Å². The van der Waals surface area contributed by atoms with E-state index in [1.165, 1.54) is 12.1 Å². The summed E-state index contributed by atoms with van der Waals surface area (Å²) in [5.74, 6) is -3.93. The van der Waals surface area contributed by atoms with E-state index in [9.17, 15) is 24.0 Å². The number of ether oxygens (including phenoxy) is 4. The fourth-order valence-electron chi connectivity index (χ4n) is 3.53. The third-order valence-electron chi connectivity index (χ3n) is 4.82. The van der Waals surface area contributed by atoms with Gasteiger partial charge < -0.3 is 18.9 Å². The van der Waals surface area contributed by atoms with Crippen LogP contribution in [0.15, 0.2) is 29.4 Å². The number of hydrogen-bond acceptors (Lipinski definition) is 11. The molecule has 2 heterocycles. The Balaban J connectivity index is 1.97. The molecule has 180 valence electrons. The molecule has 0 aliphatic carbocycles. The minimum Gasteiger partial charge on any atom is -0.463 e. The van der Waals surface area contributed by atoms with E-state index in [1.807, 2.05) is 0 Å². The highest BCUT2D eigenvalue weighted by Gasteiger charge is 2.52. The third kappa shape index (κ3) is 5.14. The maximum absolute atomic E-state index is 12.7. The van der Waals surface area contributed by atoms with E-state index >= 15 is 0 Å². The zero-order valence-corrected chi connectivity index (χ0v) is 18.3. The molecule has 2 aliphatic rings. The van der Waals surface area contributed by atoms with E-state index in [0.717, 1.165) is 20.8 Å². The monoisotopic (exact) mass is 476 g/mol. The molecule has 0 N–H and O–H groups in total. The summed E-state index contributed by atoms with van der Waals surface area (Å²) in [5, 5.41) is 3.99. The van der Waals surface area contributed by atoms with Gasteiger partial charge in [-0.1, -0.05) is 17.2 Å². The zero-order chi connectivity index (χ0) is 25.0. The number of esters is 3. The molecular weight excluding hydrogens is 456 g/mol. The highest BCUT2D eigenvalue weighted by Crippen LogP contribution is 2.32. The lowest BCUT2D eigenvalue weighted by Crippen LogP contribution is -2.62. The van der Waals surface area contributed by atoms with Crippen molar-refractivity contribution in [2.75, 3.05) is 6.61 Å². The van der Waals surface area contributed by atoms with Gasteiger partial charge in [0.2, 0.25) is 6.29 Å². The number of fused-ring (bicyclic) bond motifs is 1. The molecule has 0 spiro atoms. The topological polar surface area (TPSA) is 184 Å².